The quantitative estimate of drug-likeness (QED) is 0.332. The highest BCUT2D eigenvalue weighted by Crippen LogP contribution is 2.35. The van der Waals surface area contributed by atoms with Gasteiger partial charge in [0.25, 0.3) is 0 Å². The largest absolute Gasteiger partial charge is 0.274 e. The van der Waals surface area contributed by atoms with E-state index in [9.17, 15) is 4.79 Å². The Kier molecular flexibility index (Phi) is 5.56. The van der Waals surface area contributed by atoms with E-state index in [1.807, 2.05) is 36.4 Å². The van der Waals surface area contributed by atoms with Gasteiger partial charge in [-0.05, 0) is 48.0 Å². The number of aromatic nitrogens is 1. The fourth-order valence-corrected chi connectivity index (χ4v) is 4.34. The Hall–Kier alpha value is -2.11. The Bertz CT molecular complexity index is 1140. The highest BCUT2D eigenvalue weighted by Gasteiger charge is 2.22. The Morgan fingerprint density at radius 3 is 2.50 bits per heavy atom. The van der Waals surface area contributed by atoms with Crippen molar-refractivity contribution in [3.05, 3.63) is 87.4 Å². The second kappa shape index (κ2) is 8.10. The Morgan fingerprint density at radius 2 is 1.75 bits per heavy atom. The maximum atomic E-state index is 13.3. The molecule has 0 aliphatic heterocycles. The number of rotatable bonds is 4. The van der Waals surface area contributed by atoms with Crippen molar-refractivity contribution in [3.63, 3.8) is 0 Å². The van der Waals surface area contributed by atoms with Crippen molar-refractivity contribution < 1.29 is 4.79 Å². The molecule has 0 unspecified atom stereocenters. The predicted octanol–water partition coefficient (Wildman–Crippen LogP) is 7.16. The molecule has 0 fully saturated rings. The van der Waals surface area contributed by atoms with Crippen LogP contribution in [0.3, 0.4) is 0 Å². The van der Waals surface area contributed by atoms with Crippen LogP contribution in [0.5, 0.6) is 0 Å². The van der Waals surface area contributed by atoms with Gasteiger partial charge in [-0.1, -0.05) is 70.4 Å². The third-order valence-electron chi connectivity index (χ3n) is 4.13. The second-order valence-corrected chi connectivity index (χ2v) is 8.36. The zero-order chi connectivity index (χ0) is 19.7. The highest BCUT2D eigenvalue weighted by molar-refractivity contribution is 7.22. The maximum Gasteiger partial charge on any atom is 0.237 e. The van der Waals surface area contributed by atoms with Crippen LogP contribution in [0.2, 0.25) is 15.1 Å². The number of hydrogen-bond donors (Lipinski definition) is 0. The van der Waals surface area contributed by atoms with Gasteiger partial charge in [0.2, 0.25) is 5.91 Å². The van der Waals surface area contributed by atoms with E-state index in [0.29, 0.717) is 25.9 Å². The molecule has 1 heterocycles. The van der Waals surface area contributed by atoms with Crippen molar-refractivity contribution in [1.29, 1.82) is 0 Å². The first-order valence-corrected chi connectivity index (χ1v) is 10.3. The molecule has 0 saturated heterocycles. The van der Waals surface area contributed by atoms with Crippen LogP contribution in [0.4, 0.5) is 10.8 Å². The van der Waals surface area contributed by atoms with Gasteiger partial charge in [0.1, 0.15) is 0 Å². The molecule has 0 radical (unpaired) electrons. The molecular formula is C21H13Cl3N2OS. The Balaban J connectivity index is 1.75. The minimum atomic E-state index is -0.139. The zero-order valence-electron chi connectivity index (χ0n) is 14.4. The molecule has 4 rings (SSSR count). The average Bonchev–Trinajstić information content (AvgIpc) is 3.08. The SMILES string of the molecule is O=C(Cc1ccc(Cl)c(Cl)c1)N(c1cccc(Cl)c1)c1nc2ccccc2s1. The molecule has 1 amide bonds. The van der Waals surface area contributed by atoms with Crippen molar-refractivity contribution in [2.45, 2.75) is 6.42 Å². The van der Waals surface area contributed by atoms with E-state index in [4.69, 9.17) is 34.8 Å². The van der Waals surface area contributed by atoms with Gasteiger partial charge >= 0.3 is 0 Å². The van der Waals surface area contributed by atoms with E-state index in [0.717, 1.165) is 15.8 Å². The van der Waals surface area contributed by atoms with E-state index in [-0.39, 0.29) is 12.3 Å². The van der Waals surface area contributed by atoms with E-state index < -0.39 is 0 Å². The Labute approximate surface area is 181 Å². The van der Waals surface area contributed by atoms with Crippen LogP contribution in [0.1, 0.15) is 5.56 Å². The van der Waals surface area contributed by atoms with Crippen LogP contribution in [0.25, 0.3) is 10.2 Å². The number of halogens is 3. The summed E-state index contributed by atoms with van der Waals surface area (Å²) in [5.41, 5.74) is 2.28. The molecule has 0 N–H and O–H groups in total. The number of carbonyl (C=O) groups is 1. The summed E-state index contributed by atoms with van der Waals surface area (Å²) >= 11 is 19.7. The van der Waals surface area contributed by atoms with Crippen molar-refractivity contribution in [3.8, 4) is 0 Å². The van der Waals surface area contributed by atoms with Crippen molar-refractivity contribution in [1.82, 2.24) is 4.98 Å². The lowest BCUT2D eigenvalue weighted by Gasteiger charge is -2.20. The van der Waals surface area contributed by atoms with Gasteiger partial charge in [0, 0.05) is 5.02 Å². The molecule has 0 bridgehead atoms. The first-order valence-electron chi connectivity index (χ1n) is 8.39. The average molecular weight is 448 g/mol. The fourth-order valence-electron chi connectivity index (χ4n) is 2.84. The minimum Gasteiger partial charge on any atom is -0.274 e. The molecule has 0 saturated carbocycles. The van der Waals surface area contributed by atoms with Gasteiger partial charge < -0.3 is 0 Å². The molecule has 0 spiro atoms. The summed E-state index contributed by atoms with van der Waals surface area (Å²) in [6, 6.07) is 20.1. The molecule has 28 heavy (non-hydrogen) atoms. The van der Waals surface area contributed by atoms with Crippen LogP contribution in [-0.2, 0) is 11.2 Å². The number of amides is 1. The molecule has 0 aliphatic carbocycles. The van der Waals surface area contributed by atoms with Crippen LogP contribution < -0.4 is 4.90 Å². The third-order valence-corrected chi connectivity index (χ3v) is 6.12. The molecule has 140 valence electrons. The molecule has 0 atom stereocenters. The monoisotopic (exact) mass is 446 g/mol. The van der Waals surface area contributed by atoms with E-state index in [2.05, 4.69) is 4.98 Å². The smallest absolute Gasteiger partial charge is 0.237 e. The number of carbonyl (C=O) groups excluding carboxylic acids is 1. The van der Waals surface area contributed by atoms with Gasteiger partial charge in [0.05, 0.1) is 32.4 Å². The molecule has 1 aromatic heterocycles. The third kappa shape index (κ3) is 4.01. The summed E-state index contributed by atoms with van der Waals surface area (Å²) < 4.78 is 1.01. The first-order chi connectivity index (χ1) is 13.5. The maximum absolute atomic E-state index is 13.3. The van der Waals surface area contributed by atoms with Gasteiger partial charge in [-0.15, -0.1) is 0 Å². The van der Waals surface area contributed by atoms with Gasteiger partial charge in [0.15, 0.2) is 5.13 Å². The zero-order valence-corrected chi connectivity index (χ0v) is 17.5. The number of benzene rings is 3. The molecular weight excluding hydrogens is 435 g/mol. The summed E-state index contributed by atoms with van der Waals surface area (Å²) in [5, 5.41) is 2.01. The van der Waals surface area contributed by atoms with Crippen LogP contribution in [0.15, 0.2) is 66.7 Å². The lowest BCUT2D eigenvalue weighted by atomic mass is 10.1. The van der Waals surface area contributed by atoms with Crippen LogP contribution >= 0.6 is 46.1 Å². The molecule has 3 aromatic carbocycles. The van der Waals surface area contributed by atoms with Gasteiger partial charge in [-0.25, -0.2) is 4.98 Å². The number of nitrogens with zero attached hydrogens (tertiary/aromatic N) is 2. The van der Waals surface area contributed by atoms with Crippen molar-refractivity contribution in [2.75, 3.05) is 4.90 Å². The Morgan fingerprint density at radius 1 is 0.929 bits per heavy atom. The lowest BCUT2D eigenvalue weighted by molar-refractivity contribution is -0.117. The predicted molar refractivity (Wildman–Crippen MR) is 118 cm³/mol. The van der Waals surface area contributed by atoms with Crippen molar-refractivity contribution in [2.24, 2.45) is 0 Å². The normalized spacial score (nSPS) is 11.0. The number of para-hydroxylation sites is 1. The summed E-state index contributed by atoms with van der Waals surface area (Å²) in [7, 11) is 0. The molecule has 0 aliphatic rings. The van der Waals surface area contributed by atoms with Gasteiger partial charge in [-0.2, -0.15) is 0 Å². The summed E-state index contributed by atoms with van der Waals surface area (Å²) in [4.78, 5) is 19.5. The van der Waals surface area contributed by atoms with E-state index in [1.165, 1.54) is 11.3 Å². The van der Waals surface area contributed by atoms with Crippen molar-refractivity contribution >= 4 is 73.1 Å². The number of anilines is 2. The summed E-state index contributed by atoms with van der Waals surface area (Å²) in [6.07, 6.45) is 0.152. The number of thiazole rings is 1. The lowest BCUT2D eigenvalue weighted by Crippen LogP contribution is -2.27. The first kappa shape index (κ1) is 19.2. The number of fused-ring (bicyclic) bond motifs is 1. The van der Waals surface area contributed by atoms with Crippen LogP contribution in [0, 0.1) is 0 Å². The van der Waals surface area contributed by atoms with E-state index >= 15 is 0 Å². The van der Waals surface area contributed by atoms with E-state index in [1.54, 1.807) is 35.2 Å². The highest BCUT2D eigenvalue weighted by atomic mass is 35.5. The summed E-state index contributed by atoms with van der Waals surface area (Å²) in [6.45, 7) is 0. The number of hydrogen-bond acceptors (Lipinski definition) is 3. The topological polar surface area (TPSA) is 33.2 Å². The van der Waals surface area contributed by atoms with Crippen LogP contribution in [-0.4, -0.2) is 10.9 Å². The fraction of sp³-hybridized carbons (Fsp3) is 0.0476. The summed E-state index contributed by atoms with van der Waals surface area (Å²) in [5.74, 6) is -0.139. The standard InChI is InChI=1S/C21H13Cl3N2OS/c22-14-4-3-5-15(12-14)26(21-25-18-6-1-2-7-19(18)28-21)20(27)11-13-8-9-16(23)17(24)10-13/h1-10,12H,11H2. The second-order valence-electron chi connectivity index (χ2n) is 6.10. The minimum absolute atomic E-state index is 0.139. The molecule has 4 aromatic rings. The molecule has 7 heteroatoms. The molecule has 3 nitrogen and oxygen atoms in total. The van der Waals surface area contributed by atoms with Gasteiger partial charge in [-0.3, -0.25) is 9.69 Å².